The first-order valence-corrected chi connectivity index (χ1v) is 11.1. The molecule has 0 saturated heterocycles. The highest BCUT2D eigenvalue weighted by Gasteiger charge is 2.27. The van der Waals surface area contributed by atoms with Gasteiger partial charge in [-0.2, -0.15) is 0 Å². The van der Waals surface area contributed by atoms with E-state index in [0.29, 0.717) is 11.6 Å². The maximum absolute atomic E-state index is 12.1. The van der Waals surface area contributed by atoms with E-state index in [2.05, 4.69) is 41.6 Å². The molecule has 0 spiro atoms. The Balaban J connectivity index is 1.49. The summed E-state index contributed by atoms with van der Waals surface area (Å²) in [5.74, 6) is 0.438. The summed E-state index contributed by atoms with van der Waals surface area (Å²) in [6.45, 7) is 4.36. The van der Waals surface area contributed by atoms with Crippen molar-refractivity contribution in [2.45, 2.75) is 50.5 Å². The van der Waals surface area contributed by atoms with Crippen LogP contribution in [-0.4, -0.2) is 20.4 Å². The standard InChI is InChI=1S/C21H27N3O3S/c1-15(2)13-16-3-5-17(6-4-16)14-21(25)23-22-18-9-11-20(12-10-18)28(26,27)24-19-7-8-19/h3-6,9-12,15,19,22,24H,7-8,13-14H2,1-2H3,(H,23,25). The fourth-order valence-corrected chi connectivity index (χ4v) is 4.15. The van der Waals surface area contributed by atoms with Gasteiger partial charge in [0.15, 0.2) is 0 Å². The summed E-state index contributed by atoms with van der Waals surface area (Å²) in [7, 11) is -3.46. The Bertz CT molecular complexity index is 903. The van der Waals surface area contributed by atoms with Crippen LogP contribution in [0.15, 0.2) is 53.4 Å². The predicted molar refractivity (Wildman–Crippen MR) is 110 cm³/mol. The van der Waals surface area contributed by atoms with Gasteiger partial charge in [-0.15, -0.1) is 0 Å². The van der Waals surface area contributed by atoms with Crippen LogP contribution in [0, 0.1) is 5.92 Å². The van der Waals surface area contributed by atoms with E-state index in [9.17, 15) is 13.2 Å². The third-order valence-electron chi connectivity index (χ3n) is 4.44. The minimum Gasteiger partial charge on any atom is -0.299 e. The van der Waals surface area contributed by atoms with Crippen molar-refractivity contribution in [3.8, 4) is 0 Å². The molecule has 0 radical (unpaired) electrons. The molecule has 0 heterocycles. The van der Waals surface area contributed by atoms with Crippen molar-refractivity contribution in [2.75, 3.05) is 5.43 Å². The summed E-state index contributed by atoms with van der Waals surface area (Å²) in [4.78, 5) is 12.3. The first-order chi connectivity index (χ1) is 13.3. The van der Waals surface area contributed by atoms with Gasteiger partial charge in [0.05, 0.1) is 17.0 Å². The molecule has 150 valence electrons. The number of hydrazine groups is 1. The number of nitrogens with one attached hydrogen (secondary N) is 3. The number of carbonyl (C=O) groups is 1. The van der Waals surface area contributed by atoms with Crippen LogP contribution in [0.5, 0.6) is 0 Å². The zero-order valence-corrected chi connectivity index (χ0v) is 17.1. The lowest BCUT2D eigenvalue weighted by molar-refractivity contribution is -0.119. The molecule has 0 aliphatic heterocycles. The van der Waals surface area contributed by atoms with E-state index < -0.39 is 10.0 Å². The number of benzene rings is 2. The Morgan fingerprint density at radius 1 is 1.00 bits per heavy atom. The summed E-state index contributed by atoms with van der Waals surface area (Å²) >= 11 is 0. The molecule has 0 atom stereocenters. The lowest BCUT2D eigenvalue weighted by atomic mass is 10.0. The highest BCUT2D eigenvalue weighted by Crippen LogP contribution is 2.22. The highest BCUT2D eigenvalue weighted by atomic mass is 32.2. The van der Waals surface area contributed by atoms with E-state index >= 15 is 0 Å². The second-order valence-electron chi connectivity index (χ2n) is 7.68. The maximum Gasteiger partial charge on any atom is 0.242 e. The lowest BCUT2D eigenvalue weighted by Gasteiger charge is -2.10. The Hall–Kier alpha value is -2.38. The number of rotatable bonds is 9. The van der Waals surface area contributed by atoms with Gasteiger partial charge in [0.1, 0.15) is 0 Å². The predicted octanol–water partition coefficient (Wildman–Crippen LogP) is 3.01. The third kappa shape index (κ3) is 6.07. The first kappa shape index (κ1) is 20.4. The molecule has 2 aromatic carbocycles. The minimum absolute atomic E-state index is 0.0709. The normalized spacial score (nSPS) is 14.1. The Labute approximate surface area is 166 Å². The first-order valence-electron chi connectivity index (χ1n) is 9.57. The molecule has 6 nitrogen and oxygen atoms in total. The molecule has 1 aliphatic carbocycles. The zero-order valence-electron chi connectivity index (χ0n) is 16.2. The van der Waals surface area contributed by atoms with Gasteiger partial charge < -0.3 is 0 Å². The van der Waals surface area contributed by atoms with Gasteiger partial charge in [-0.1, -0.05) is 38.1 Å². The van der Waals surface area contributed by atoms with Crippen LogP contribution < -0.4 is 15.6 Å². The number of hydrogen-bond donors (Lipinski definition) is 3. The van der Waals surface area contributed by atoms with Gasteiger partial charge in [0, 0.05) is 6.04 Å². The summed E-state index contributed by atoms with van der Waals surface area (Å²) in [5, 5.41) is 0. The third-order valence-corrected chi connectivity index (χ3v) is 5.98. The number of anilines is 1. The number of sulfonamides is 1. The van der Waals surface area contributed by atoms with E-state index in [1.807, 2.05) is 12.1 Å². The van der Waals surface area contributed by atoms with Crippen LogP contribution in [0.2, 0.25) is 0 Å². The van der Waals surface area contributed by atoms with Crippen LogP contribution in [0.4, 0.5) is 5.69 Å². The molecule has 3 N–H and O–H groups in total. The average Bonchev–Trinajstić information content (AvgIpc) is 3.45. The topological polar surface area (TPSA) is 87.3 Å². The summed E-state index contributed by atoms with van der Waals surface area (Å²) < 4.78 is 26.9. The van der Waals surface area contributed by atoms with E-state index in [-0.39, 0.29) is 23.3 Å². The van der Waals surface area contributed by atoms with Crippen LogP contribution >= 0.6 is 0 Å². The molecule has 0 bridgehead atoms. The van der Waals surface area contributed by atoms with Crippen molar-refractivity contribution in [3.05, 3.63) is 59.7 Å². The molecule has 1 amide bonds. The van der Waals surface area contributed by atoms with Gasteiger partial charge in [-0.25, -0.2) is 13.1 Å². The van der Waals surface area contributed by atoms with Crippen LogP contribution in [-0.2, 0) is 27.7 Å². The molecule has 2 aromatic rings. The number of carbonyl (C=O) groups excluding carboxylic acids is 1. The Kier molecular flexibility index (Phi) is 6.36. The second kappa shape index (κ2) is 8.75. The van der Waals surface area contributed by atoms with Gasteiger partial charge in [0.25, 0.3) is 0 Å². The molecule has 7 heteroatoms. The lowest BCUT2D eigenvalue weighted by Crippen LogP contribution is -2.30. The molecule has 28 heavy (non-hydrogen) atoms. The van der Waals surface area contributed by atoms with Crippen molar-refractivity contribution in [2.24, 2.45) is 5.92 Å². The Morgan fingerprint density at radius 2 is 1.61 bits per heavy atom. The van der Waals surface area contributed by atoms with E-state index in [1.165, 1.54) is 17.7 Å². The molecule has 1 saturated carbocycles. The maximum atomic E-state index is 12.1. The van der Waals surface area contributed by atoms with Crippen LogP contribution in [0.1, 0.15) is 37.8 Å². The molecule has 1 aliphatic rings. The van der Waals surface area contributed by atoms with Gasteiger partial charge in [-0.05, 0) is 60.6 Å². The van der Waals surface area contributed by atoms with Crippen molar-refractivity contribution in [3.63, 3.8) is 0 Å². The summed E-state index contributed by atoms with van der Waals surface area (Å²) in [6.07, 6.45) is 3.08. The van der Waals surface area contributed by atoms with Gasteiger partial charge >= 0.3 is 0 Å². The molecule has 0 aromatic heterocycles. The highest BCUT2D eigenvalue weighted by molar-refractivity contribution is 7.89. The van der Waals surface area contributed by atoms with Crippen LogP contribution in [0.3, 0.4) is 0 Å². The fourth-order valence-electron chi connectivity index (χ4n) is 2.84. The SMILES string of the molecule is CC(C)Cc1ccc(CC(=O)NNc2ccc(S(=O)(=O)NC3CC3)cc2)cc1. The molecular weight excluding hydrogens is 374 g/mol. The van der Waals surface area contributed by atoms with Crippen molar-refractivity contribution >= 4 is 21.6 Å². The minimum atomic E-state index is -3.46. The molecule has 3 rings (SSSR count). The van der Waals surface area contributed by atoms with Gasteiger partial charge in [-0.3, -0.25) is 15.6 Å². The average molecular weight is 402 g/mol. The number of amides is 1. The Morgan fingerprint density at radius 3 is 2.18 bits per heavy atom. The van der Waals surface area contributed by atoms with E-state index in [0.717, 1.165) is 24.8 Å². The fraction of sp³-hybridized carbons (Fsp3) is 0.381. The van der Waals surface area contributed by atoms with Gasteiger partial charge in [0.2, 0.25) is 15.9 Å². The van der Waals surface area contributed by atoms with Crippen molar-refractivity contribution < 1.29 is 13.2 Å². The molecular formula is C21H27N3O3S. The number of hydrogen-bond acceptors (Lipinski definition) is 4. The van der Waals surface area contributed by atoms with E-state index in [1.54, 1.807) is 12.1 Å². The smallest absolute Gasteiger partial charge is 0.242 e. The largest absolute Gasteiger partial charge is 0.299 e. The van der Waals surface area contributed by atoms with Crippen molar-refractivity contribution in [1.82, 2.24) is 10.1 Å². The second-order valence-corrected chi connectivity index (χ2v) is 9.40. The molecule has 1 fully saturated rings. The summed E-state index contributed by atoms with van der Waals surface area (Å²) in [6, 6.07) is 14.4. The van der Waals surface area contributed by atoms with Crippen LogP contribution in [0.25, 0.3) is 0 Å². The van der Waals surface area contributed by atoms with E-state index in [4.69, 9.17) is 0 Å². The zero-order chi connectivity index (χ0) is 20.1. The summed E-state index contributed by atoms with van der Waals surface area (Å²) in [5.41, 5.74) is 8.29. The monoisotopic (exact) mass is 401 g/mol. The van der Waals surface area contributed by atoms with Crippen molar-refractivity contribution in [1.29, 1.82) is 0 Å². The quantitative estimate of drug-likeness (QED) is 0.564. The molecule has 0 unspecified atom stereocenters.